The van der Waals surface area contributed by atoms with E-state index in [1.807, 2.05) is 6.20 Å². The fourth-order valence-corrected chi connectivity index (χ4v) is 1.54. The first-order chi connectivity index (χ1) is 5.90. The summed E-state index contributed by atoms with van der Waals surface area (Å²) in [6, 6.07) is 0. The number of ether oxygens (including phenoxy) is 1. The predicted octanol–water partition coefficient (Wildman–Crippen LogP) is 0.588. The number of nitrogens with zero attached hydrogens (tertiary/aromatic N) is 1. The van der Waals surface area contributed by atoms with E-state index in [1.165, 1.54) is 0 Å². The van der Waals surface area contributed by atoms with Crippen LogP contribution in [0.2, 0.25) is 0 Å². The van der Waals surface area contributed by atoms with Crippen LogP contribution in [0, 0.1) is 0 Å². The maximum atomic E-state index is 5.65. The number of aromatic amines is 1. The van der Waals surface area contributed by atoms with Gasteiger partial charge in [0.05, 0.1) is 18.1 Å². The van der Waals surface area contributed by atoms with Crippen molar-refractivity contribution in [1.29, 1.82) is 0 Å². The van der Waals surface area contributed by atoms with Crippen LogP contribution in [0.3, 0.4) is 0 Å². The molecule has 1 aromatic rings. The molecule has 12 heavy (non-hydrogen) atoms. The number of hydrogen-bond acceptors (Lipinski definition) is 3. The summed E-state index contributed by atoms with van der Waals surface area (Å²) in [5.41, 5.74) is 6.49. The summed E-state index contributed by atoms with van der Waals surface area (Å²) in [4.78, 5) is 7.06. The molecule has 0 aliphatic carbocycles. The third-order valence-electron chi connectivity index (χ3n) is 2.22. The fraction of sp³-hybridized carbons (Fsp3) is 0.625. The monoisotopic (exact) mass is 167 g/mol. The average Bonchev–Trinajstić information content (AvgIpc) is 2.75. The van der Waals surface area contributed by atoms with E-state index < -0.39 is 0 Å². The SMILES string of the molecule is NC[C@H]1CC[C@H](c2c[nH]cn2)O1. The van der Waals surface area contributed by atoms with Gasteiger partial charge in [-0.3, -0.25) is 0 Å². The Labute approximate surface area is 71.1 Å². The third-order valence-corrected chi connectivity index (χ3v) is 2.22. The van der Waals surface area contributed by atoms with Gasteiger partial charge in [-0.25, -0.2) is 4.98 Å². The van der Waals surface area contributed by atoms with Crippen LogP contribution >= 0.6 is 0 Å². The van der Waals surface area contributed by atoms with Gasteiger partial charge in [0.1, 0.15) is 6.10 Å². The number of imidazole rings is 1. The number of H-pyrrole nitrogens is 1. The molecule has 1 fully saturated rings. The molecule has 1 aromatic heterocycles. The highest BCUT2D eigenvalue weighted by molar-refractivity contribution is 5.01. The molecular formula is C8H13N3O. The van der Waals surface area contributed by atoms with Crippen LogP contribution in [0.4, 0.5) is 0 Å². The molecule has 0 amide bonds. The normalized spacial score (nSPS) is 29.4. The number of hydrogen-bond donors (Lipinski definition) is 2. The number of aromatic nitrogens is 2. The van der Waals surface area contributed by atoms with Crippen LogP contribution in [-0.2, 0) is 4.74 Å². The van der Waals surface area contributed by atoms with Gasteiger partial charge in [-0.1, -0.05) is 0 Å². The summed E-state index contributed by atoms with van der Waals surface area (Å²) in [6.07, 6.45) is 6.02. The molecule has 3 N–H and O–H groups in total. The van der Waals surface area contributed by atoms with Crippen molar-refractivity contribution in [2.45, 2.75) is 25.0 Å². The van der Waals surface area contributed by atoms with E-state index in [2.05, 4.69) is 9.97 Å². The Balaban J connectivity index is 2.00. The van der Waals surface area contributed by atoms with Gasteiger partial charge in [0.15, 0.2) is 0 Å². The minimum Gasteiger partial charge on any atom is -0.367 e. The lowest BCUT2D eigenvalue weighted by atomic mass is 10.1. The van der Waals surface area contributed by atoms with E-state index in [4.69, 9.17) is 10.5 Å². The molecule has 1 saturated heterocycles. The standard InChI is InChI=1S/C8H13N3O/c9-3-6-1-2-8(12-6)7-4-10-5-11-7/h4-6,8H,1-3,9H2,(H,10,11)/t6-,8-/m1/s1. The molecule has 0 spiro atoms. The van der Waals surface area contributed by atoms with Crippen molar-refractivity contribution in [3.8, 4) is 0 Å². The summed E-state index contributed by atoms with van der Waals surface area (Å²) >= 11 is 0. The largest absolute Gasteiger partial charge is 0.367 e. The maximum absolute atomic E-state index is 5.65. The fourth-order valence-electron chi connectivity index (χ4n) is 1.54. The second-order valence-corrected chi connectivity index (χ2v) is 3.05. The van der Waals surface area contributed by atoms with Crippen molar-refractivity contribution in [2.24, 2.45) is 5.73 Å². The van der Waals surface area contributed by atoms with Crippen molar-refractivity contribution in [3.63, 3.8) is 0 Å². The van der Waals surface area contributed by atoms with Crippen molar-refractivity contribution in [2.75, 3.05) is 6.54 Å². The van der Waals surface area contributed by atoms with Gasteiger partial charge < -0.3 is 15.5 Å². The van der Waals surface area contributed by atoms with Crippen LogP contribution in [0.15, 0.2) is 12.5 Å². The molecule has 0 aromatic carbocycles. The molecule has 66 valence electrons. The molecule has 2 atom stereocenters. The molecule has 0 bridgehead atoms. The van der Waals surface area contributed by atoms with E-state index in [0.29, 0.717) is 6.54 Å². The number of nitrogens with two attached hydrogens (primary N) is 1. The first kappa shape index (κ1) is 7.76. The van der Waals surface area contributed by atoms with Gasteiger partial charge in [0, 0.05) is 12.7 Å². The Morgan fingerprint density at radius 2 is 2.58 bits per heavy atom. The lowest BCUT2D eigenvalue weighted by Crippen LogP contribution is -2.18. The highest BCUT2D eigenvalue weighted by Gasteiger charge is 2.26. The Kier molecular flexibility index (Phi) is 2.10. The van der Waals surface area contributed by atoms with Gasteiger partial charge in [0.25, 0.3) is 0 Å². The lowest BCUT2D eigenvalue weighted by molar-refractivity contribution is 0.0476. The summed E-state index contributed by atoms with van der Waals surface area (Å²) in [5.74, 6) is 0. The Hall–Kier alpha value is -0.870. The van der Waals surface area contributed by atoms with Gasteiger partial charge in [-0.15, -0.1) is 0 Å². The number of nitrogens with one attached hydrogen (secondary N) is 1. The minimum atomic E-state index is 0.157. The summed E-state index contributed by atoms with van der Waals surface area (Å²) in [5, 5.41) is 0. The zero-order valence-corrected chi connectivity index (χ0v) is 6.86. The molecule has 0 saturated carbocycles. The maximum Gasteiger partial charge on any atom is 0.101 e. The quantitative estimate of drug-likeness (QED) is 0.677. The summed E-state index contributed by atoms with van der Waals surface area (Å²) in [6.45, 7) is 0.612. The summed E-state index contributed by atoms with van der Waals surface area (Å²) < 4.78 is 5.65. The zero-order valence-electron chi connectivity index (χ0n) is 6.86. The van der Waals surface area contributed by atoms with Crippen molar-refractivity contribution in [3.05, 3.63) is 18.2 Å². The highest BCUT2D eigenvalue weighted by Crippen LogP contribution is 2.30. The number of rotatable bonds is 2. The molecule has 2 heterocycles. The topological polar surface area (TPSA) is 63.9 Å². The Morgan fingerprint density at radius 1 is 1.67 bits per heavy atom. The van der Waals surface area contributed by atoms with E-state index in [0.717, 1.165) is 18.5 Å². The Bertz CT molecular complexity index is 234. The molecule has 0 radical (unpaired) electrons. The molecule has 1 aliphatic rings. The lowest BCUT2D eigenvalue weighted by Gasteiger charge is -2.09. The second kappa shape index (κ2) is 3.25. The van der Waals surface area contributed by atoms with Crippen LogP contribution in [-0.4, -0.2) is 22.6 Å². The molecular weight excluding hydrogens is 154 g/mol. The molecule has 1 aliphatic heterocycles. The average molecular weight is 167 g/mol. The summed E-state index contributed by atoms with van der Waals surface area (Å²) in [7, 11) is 0. The van der Waals surface area contributed by atoms with Gasteiger partial charge in [0.2, 0.25) is 0 Å². The first-order valence-corrected chi connectivity index (χ1v) is 4.24. The zero-order chi connectivity index (χ0) is 8.39. The smallest absolute Gasteiger partial charge is 0.101 e. The minimum absolute atomic E-state index is 0.157. The molecule has 0 unspecified atom stereocenters. The molecule has 4 heteroatoms. The van der Waals surface area contributed by atoms with Crippen LogP contribution in [0.5, 0.6) is 0 Å². The van der Waals surface area contributed by atoms with Crippen molar-refractivity contribution < 1.29 is 4.74 Å². The molecule has 2 rings (SSSR count). The van der Waals surface area contributed by atoms with E-state index in [1.54, 1.807) is 6.33 Å². The van der Waals surface area contributed by atoms with Crippen molar-refractivity contribution in [1.82, 2.24) is 9.97 Å². The van der Waals surface area contributed by atoms with E-state index >= 15 is 0 Å². The van der Waals surface area contributed by atoms with Crippen molar-refractivity contribution >= 4 is 0 Å². The van der Waals surface area contributed by atoms with Crippen LogP contribution in [0.25, 0.3) is 0 Å². The third kappa shape index (κ3) is 1.35. The Morgan fingerprint density at radius 3 is 3.17 bits per heavy atom. The van der Waals surface area contributed by atoms with E-state index in [-0.39, 0.29) is 12.2 Å². The van der Waals surface area contributed by atoms with Gasteiger partial charge in [-0.05, 0) is 12.8 Å². The first-order valence-electron chi connectivity index (χ1n) is 4.24. The van der Waals surface area contributed by atoms with Gasteiger partial charge in [-0.2, -0.15) is 0 Å². The molecule has 4 nitrogen and oxygen atoms in total. The van der Waals surface area contributed by atoms with Crippen LogP contribution in [0.1, 0.15) is 24.6 Å². The van der Waals surface area contributed by atoms with Gasteiger partial charge >= 0.3 is 0 Å². The van der Waals surface area contributed by atoms with Crippen LogP contribution < -0.4 is 5.73 Å². The van der Waals surface area contributed by atoms with E-state index in [9.17, 15) is 0 Å². The second-order valence-electron chi connectivity index (χ2n) is 3.05. The predicted molar refractivity (Wildman–Crippen MR) is 44.5 cm³/mol. The highest BCUT2D eigenvalue weighted by atomic mass is 16.5.